The van der Waals surface area contributed by atoms with E-state index in [1.54, 1.807) is 19.1 Å². The highest BCUT2D eigenvalue weighted by Gasteiger charge is 2.09. The number of nitrogens with one attached hydrogen (secondary N) is 1. The van der Waals surface area contributed by atoms with E-state index >= 15 is 0 Å². The van der Waals surface area contributed by atoms with Crippen LogP contribution in [-0.4, -0.2) is 21.2 Å². The second-order valence-corrected chi connectivity index (χ2v) is 5.17. The van der Waals surface area contributed by atoms with E-state index in [1.165, 1.54) is 6.08 Å². The summed E-state index contributed by atoms with van der Waals surface area (Å²) in [4.78, 5) is 15.3. The van der Waals surface area contributed by atoms with Crippen LogP contribution in [0.5, 0.6) is 0 Å². The molecule has 106 valence electrons. The maximum Gasteiger partial charge on any atom is 0.213 e. The third kappa shape index (κ3) is 3.74. The normalized spacial score (nSPS) is 11.8. The lowest BCUT2D eigenvalue weighted by Gasteiger charge is -2.04. The molecule has 2 rings (SSSR count). The molecule has 0 aliphatic heterocycles. The molecule has 0 aliphatic rings. The summed E-state index contributed by atoms with van der Waals surface area (Å²) >= 11 is 0.933. The lowest BCUT2D eigenvalue weighted by atomic mass is 10.3. The van der Waals surface area contributed by atoms with Crippen LogP contribution in [-0.2, 0) is 11.2 Å². The Balaban J connectivity index is 2.16. The van der Waals surface area contributed by atoms with Gasteiger partial charge < -0.3 is 14.3 Å². The molecule has 0 aliphatic carbocycles. The minimum Gasteiger partial charge on any atom is -0.544 e. The van der Waals surface area contributed by atoms with Crippen molar-refractivity contribution in [2.75, 3.05) is 0 Å². The molecule has 0 amide bonds. The Kier molecular flexibility index (Phi) is 4.62. The quantitative estimate of drug-likeness (QED) is 0.641. The number of aromatic amines is 1. The second kappa shape index (κ2) is 6.42. The molecule has 1 N–H and O–H groups in total. The zero-order valence-electron chi connectivity index (χ0n) is 11.2. The van der Waals surface area contributed by atoms with Crippen molar-refractivity contribution in [3.8, 4) is 0 Å². The van der Waals surface area contributed by atoms with E-state index in [4.69, 9.17) is 4.42 Å². The number of H-pyrrole nitrogens is 1. The monoisotopic (exact) mass is 292 g/mol. The predicted octanol–water partition coefficient (Wildman–Crippen LogP) is 1.54. The van der Waals surface area contributed by atoms with Crippen LogP contribution in [0.15, 0.2) is 26.6 Å². The van der Waals surface area contributed by atoms with Crippen molar-refractivity contribution in [1.82, 2.24) is 15.2 Å². The van der Waals surface area contributed by atoms with Crippen LogP contribution >= 0.6 is 11.8 Å². The second-order valence-electron chi connectivity index (χ2n) is 4.16. The Morgan fingerprint density at radius 1 is 1.55 bits per heavy atom. The standard InChI is InChI=1S/C13H15N3O3S/c1-3-4-11-14-13(16-15-11)20-10(12(17)18)7-9-6-5-8(2)19-9/h5-7H,3-4H2,1-2H3,(H,17,18)(H,14,15,16)/p-1/b10-7+. The Bertz CT molecular complexity index is 630. The van der Waals surface area contributed by atoms with Crippen molar-refractivity contribution in [2.24, 2.45) is 0 Å². The Hall–Kier alpha value is -2.02. The molecule has 7 heteroatoms. The van der Waals surface area contributed by atoms with Gasteiger partial charge in [-0.3, -0.25) is 5.10 Å². The largest absolute Gasteiger partial charge is 0.544 e. The highest BCUT2D eigenvalue weighted by Crippen LogP contribution is 2.25. The summed E-state index contributed by atoms with van der Waals surface area (Å²) in [6, 6.07) is 3.45. The smallest absolute Gasteiger partial charge is 0.213 e. The molecular weight excluding hydrogens is 278 g/mol. The summed E-state index contributed by atoms with van der Waals surface area (Å²) in [5, 5.41) is 18.2. The molecule has 0 atom stereocenters. The third-order valence-corrected chi connectivity index (χ3v) is 3.30. The lowest BCUT2D eigenvalue weighted by molar-refractivity contribution is -0.298. The molecule has 0 saturated heterocycles. The molecular formula is C13H14N3O3S-. The summed E-state index contributed by atoms with van der Waals surface area (Å²) in [7, 11) is 0. The molecule has 2 aromatic heterocycles. The van der Waals surface area contributed by atoms with Gasteiger partial charge in [0.2, 0.25) is 5.16 Å². The highest BCUT2D eigenvalue weighted by atomic mass is 32.2. The number of furan rings is 1. The van der Waals surface area contributed by atoms with Gasteiger partial charge in [-0.15, -0.1) is 5.10 Å². The zero-order chi connectivity index (χ0) is 14.5. The maximum absolute atomic E-state index is 11.1. The number of hydrogen-bond donors (Lipinski definition) is 1. The molecule has 0 bridgehead atoms. The summed E-state index contributed by atoms with van der Waals surface area (Å²) in [5.41, 5.74) is 0. The van der Waals surface area contributed by atoms with Gasteiger partial charge in [0.1, 0.15) is 17.3 Å². The van der Waals surface area contributed by atoms with E-state index in [2.05, 4.69) is 15.2 Å². The van der Waals surface area contributed by atoms with Crippen molar-refractivity contribution in [3.05, 3.63) is 34.4 Å². The summed E-state index contributed by atoms with van der Waals surface area (Å²) in [6.07, 6.45) is 3.12. The van der Waals surface area contributed by atoms with Crippen molar-refractivity contribution >= 4 is 23.8 Å². The zero-order valence-corrected chi connectivity index (χ0v) is 12.0. The number of aromatic nitrogens is 3. The van der Waals surface area contributed by atoms with Crippen LogP contribution < -0.4 is 5.11 Å². The fraction of sp³-hybridized carbons (Fsp3) is 0.308. The van der Waals surface area contributed by atoms with Crippen molar-refractivity contribution in [2.45, 2.75) is 31.8 Å². The van der Waals surface area contributed by atoms with Crippen LogP contribution in [0.1, 0.15) is 30.7 Å². The first kappa shape index (κ1) is 14.4. The van der Waals surface area contributed by atoms with Crippen LogP contribution in [0.25, 0.3) is 6.08 Å². The number of rotatable bonds is 6. The van der Waals surface area contributed by atoms with Gasteiger partial charge in [0.05, 0.1) is 5.97 Å². The Morgan fingerprint density at radius 2 is 2.35 bits per heavy atom. The van der Waals surface area contributed by atoms with Gasteiger partial charge in [0, 0.05) is 11.3 Å². The third-order valence-electron chi connectivity index (χ3n) is 2.43. The van der Waals surface area contributed by atoms with Crippen LogP contribution in [0.4, 0.5) is 0 Å². The van der Waals surface area contributed by atoms with Crippen LogP contribution in [0, 0.1) is 6.92 Å². The number of aliphatic carboxylic acids is 1. The lowest BCUT2D eigenvalue weighted by Crippen LogP contribution is -2.23. The molecule has 6 nitrogen and oxygen atoms in total. The first-order chi connectivity index (χ1) is 9.58. The van der Waals surface area contributed by atoms with Crippen LogP contribution in [0.2, 0.25) is 0 Å². The predicted molar refractivity (Wildman–Crippen MR) is 72.7 cm³/mol. The molecule has 2 aromatic rings. The van der Waals surface area contributed by atoms with E-state index in [-0.39, 0.29) is 4.91 Å². The van der Waals surface area contributed by atoms with Gasteiger partial charge in [-0.2, -0.15) is 0 Å². The molecule has 0 spiro atoms. The highest BCUT2D eigenvalue weighted by molar-refractivity contribution is 8.04. The van der Waals surface area contributed by atoms with Crippen molar-refractivity contribution in [3.63, 3.8) is 0 Å². The molecule has 2 heterocycles. The van der Waals surface area contributed by atoms with Gasteiger partial charge in [-0.05, 0) is 43.3 Å². The van der Waals surface area contributed by atoms with E-state index in [0.717, 1.165) is 30.4 Å². The molecule has 0 unspecified atom stereocenters. The topological polar surface area (TPSA) is 94.8 Å². The summed E-state index contributed by atoms with van der Waals surface area (Å²) < 4.78 is 5.32. The van der Waals surface area contributed by atoms with E-state index < -0.39 is 5.97 Å². The van der Waals surface area contributed by atoms with Gasteiger partial charge in [0.25, 0.3) is 0 Å². The number of nitrogens with zero attached hydrogens (tertiary/aromatic N) is 2. The summed E-state index contributed by atoms with van der Waals surface area (Å²) in [5.74, 6) is 0.619. The number of aryl methyl sites for hydroxylation is 2. The maximum atomic E-state index is 11.1. The van der Waals surface area contributed by atoms with Gasteiger partial charge in [-0.1, -0.05) is 6.92 Å². The number of carbonyl (C=O) groups excluding carboxylic acids is 1. The summed E-state index contributed by atoms with van der Waals surface area (Å²) in [6.45, 7) is 3.82. The molecule has 0 fully saturated rings. The number of carbonyl (C=O) groups is 1. The van der Waals surface area contributed by atoms with E-state index in [0.29, 0.717) is 16.7 Å². The molecule has 0 aromatic carbocycles. The minimum atomic E-state index is -1.29. The van der Waals surface area contributed by atoms with Gasteiger partial charge >= 0.3 is 0 Å². The molecule has 20 heavy (non-hydrogen) atoms. The number of carboxylic acid groups (broad SMARTS) is 1. The number of hydrogen-bond acceptors (Lipinski definition) is 6. The average molecular weight is 292 g/mol. The molecule has 0 radical (unpaired) electrons. The first-order valence-electron chi connectivity index (χ1n) is 6.17. The SMILES string of the molecule is CCCc1nc(S/C(=C/c2ccc(C)o2)C(=O)[O-])n[nH]1. The first-order valence-corrected chi connectivity index (χ1v) is 6.98. The molecule has 0 saturated carbocycles. The Morgan fingerprint density at radius 3 is 2.95 bits per heavy atom. The number of thioether (sulfide) groups is 1. The van der Waals surface area contributed by atoms with E-state index in [9.17, 15) is 9.90 Å². The average Bonchev–Trinajstić information content (AvgIpc) is 2.99. The Labute approximate surface area is 120 Å². The van der Waals surface area contributed by atoms with E-state index in [1.807, 2.05) is 6.92 Å². The fourth-order valence-corrected chi connectivity index (χ4v) is 2.26. The number of carboxylic acids is 1. The fourth-order valence-electron chi connectivity index (χ4n) is 1.56. The van der Waals surface area contributed by atoms with Gasteiger partial charge in [-0.25, -0.2) is 4.98 Å². The van der Waals surface area contributed by atoms with Crippen molar-refractivity contribution < 1.29 is 14.3 Å². The van der Waals surface area contributed by atoms with Crippen molar-refractivity contribution in [1.29, 1.82) is 0 Å². The van der Waals surface area contributed by atoms with Crippen LogP contribution in [0.3, 0.4) is 0 Å². The minimum absolute atomic E-state index is 0.00129. The van der Waals surface area contributed by atoms with Gasteiger partial charge in [0.15, 0.2) is 0 Å².